The molecule has 0 spiro atoms. The van der Waals surface area contributed by atoms with Crippen LogP contribution in [0.3, 0.4) is 0 Å². The van der Waals surface area contributed by atoms with Crippen LogP contribution < -0.4 is 0 Å². The van der Waals surface area contributed by atoms with Gasteiger partial charge in [0.25, 0.3) is 0 Å². The van der Waals surface area contributed by atoms with Gasteiger partial charge in [-0.1, -0.05) is 42.0 Å². The van der Waals surface area contributed by atoms with Crippen molar-refractivity contribution in [1.29, 1.82) is 0 Å². The molecule has 18 heavy (non-hydrogen) atoms. The molecule has 0 saturated carbocycles. The van der Waals surface area contributed by atoms with Crippen LogP contribution in [0.2, 0.25) is 5.02 Å². The monoisotopic (exact) mass is 278 g/mol. The van der Waals surface area contributed by atoms with Crippen LogP contribution in [0.15, 0.2) is 18.2 Å². The average molecular weight is 279 g/mol. The summed E-state index contributed by atoms with van der Waals surface area (Å²) >= 11 is 7.75. The molecule has 0 saturated heterocycles. The summed E-state index contributed by atoms with van der Waals surface area (Å²) in [6.45, 7) is 4.05. The highest BCUT2D eigenvalue weighted by Crippen LogP contribution is 2.31. The molecule has 0 N–H and O–H groups in total. The van der Waals surface area contributed by atoms with Crippen LogP contribution in [0.5, 0.6) is 0 Å². The number of hydrogen-bond donors (Lipinski definition) is 0. The van der Waals surface area contributed by atoms with E-state index in [1.165, 1.54) is 11.3 Å². The minimum absolute atomic E-state index is 0.720. The molecule has 0 amide bonds. The van der Waals surface area contributed by atoms with Crippen LogP contribution in [-0.2, 0) is 6.42 Å². The maximum absolute atomic E-state index is 6.25. The molecule has 0 fully saturated rings. The molecule has 0 aliphatic rings. The van der Waals surface area contributed by atoms with Gasteiger partial charge in [0, 0.05) is 12.0 Å². The Morgan fingerprint density at radius 2 is 2.17 bits per heavy atom. The van der Waals surface area contributed by atoms with Gasteiger partial charge in [-0.3, -0.25) is 0 Å². The van der Waals surface area contributed by atoms with Crippen LogP contribution in [-0.4, -0.2) is 19.8 Å². The minimum atomic E-state index is 0.720. The van der Waals surface area contributed by atoms with Crippen molar-refractivity contribution in [3.8, 4) is 10.6 Å². The topological polar surface area (TPSA) is 43.1 Å². The summed E-state index contributed by atoms with van der Waals surface area (Å²) < 4.78 is 1.79. The Morgan fingerprint density at radius 3 is 2.89 bits per heavy atom. The molecule has 0 unspecified atom stereocenters. The summed E-state index contributed by atoms with van der Waals surface area (Å²) in [6.07, 6.45) is 0.811. The lowest BCUT2D eigenvalue weighted by molar-refractivity contribution is 0.838. The Balaban J connectivity index is 2.16. The third kappa shape index (κ3) is 1.79. The van der Waals surface area contributed by atoms with Crippen molar-refractivity contribution < 1.29 is 0 Å². The number of benzene rings is 1. The van der Waals surface area contributed by atoms with Crippen molar-refractivity contribution in [3.05, 3.63) is 34.6 Å². The summed E-state index contributed by atoms with van der Waals surface area (Å²) in [5, 5.41) is 14.3. The van der Waals surface area contributed by atoms with Crippen molar-refractivity contribution >= 4 is 27.9 Å². The molecule has 0 bridgehead atoms. The summed E-state index contributed by atoms with van der Waals surface area (Å²) in [6, 6.07) is 5.97. The molecule has 92 valence electrons. The zero-order valence-electron chi connectivity index (χ0n) is 10.0. The zero-order valence-corrected chi connectivity index (χ0v) is 11.6. The van der Waals surface area contributed by atoms with E-state index in [4.69, 9.17) is 11.6 Å². The number of halogens is 1. The van der Waals surface area contributed by atoms with Crippen LogP contribution in [0.4, 0.5) is 0 Å². The van der Waals surface area contributed by atoms with Crippen LogP contribution >= 0.6 is 22.9 Å². The molecular formula is C12H11ClN4S. The lowest BCUT2D eigenvalue weighted by Gasteiger charge is -2.00. The molecule has 2 aromatic heterocycles. The molecule has 4 nitrogen and oxygen atoms in total. The van der Waals surface area contributed by atoms with Crippen molar-refractivity contribution in [1.82, 2.24) is 19.8 Å². The summed E-state index contributed by atoms with van der Waals surface area (Å²) in [5.41, 5.74) is 2.08. The smallest absolute Gasteiger partial charge is 0.187 e. The first-order valence-electron chi connectivity index (χ1n) is 5.66. The fraction of sp³-hybridized carbons (Fsp3) is 0.250. The Bertz CT molecular complexity index is 716. The first-order valence-corrected chi connectivity index (χ1v) is 6.86. The number of aromatic nitrogens is 4. The van der Waals surface area contributed by atoms with E-state index < -0.39 is 0 Å². The number of hydrogen-bond acceptors (Lipinski definition) is 4. The third-order valence-corrected chi connectivity index (χ3v) is 3.97. The van der Waals surface area contributed by atoms with Crippen LogP contribution in [0, 0.1) is 6.92 Å². The minimum Gasteiger partial charge on any atom is -0.187 e. The molecule has 0 radical (unpaired) electrons. The highest BCUT2D eigenvalue weighted by atomic mass is 35.5. The van der Waals surface area contributed by atoms with E-state index >= 15 is 0 Å². The Kier molecular flexibility index (Phi) is 2.80. The Labute approximate surface area is 113 Å². The van der Waals surface area contributed by atoms with Gasteiger partial charge in [-0.15, -0.1) is 10.2 Å². The Hall–Kier alpha value is -1.46. The molecule has 1 aromatic carbocycles. The average Bonchev–Trinajstić information content (AvgIpc) is 2.88. The Morgan fingerprint density at radius 1 is 1.33 bits per heavy atom. The quantitative estimate of drug-likeness (QED) is 0.722. The van der Waals surface area contributed by atoms with Gasteiger partial charge in [-0.2, -0.15) is 9.61 Å². The van der Waals surface area contributed by atoms with E-state index in [0.717, 1.165) is 38.4 Å². The highest BCUT2D eigenvalue weighted by Gasteiger charge is 2.13. The van der Waals surface area contributed by atoms with Gasteiger partial charge in [0.15, 0.2) is 5.82 Å². The third-order valence-electron chi connectivity index (χ3n) is 2.73. The van der Waals surface area contributed by atoms with Gasteiger partial charge in [-0.25, -0.2) is 0 Å². The SMILES string of the molecule is CCc1nnc2sc(-c3ccc(C)cc3Cl)nn12. The van der Waals surface area contributed by atoms with Gasteiger partial charge >= 0.3 is 0 Å². The standard InChI is InChI=1S/C12H11ClN4S/c1-3-10-14-15-12-17(10)16-11(18-12)8-5-4-7(2)6-9(8)13/h4-6H,3H2,1-2H3. The second-order valence-corrected chi connectivity index (χ2v) is 5.42. The number of aryl methyl sites for hydroxylation is 2. The van der Waals surface area contributed by atoms with E-state index in [-0.39, 0.29) is 0 Å². The molecule has 0 aliphatic heterocycles. The summed E-state index contributed by atoms with van der Waals surface area (Å²) in [4.78, 5) is 0.804. The maximum atomic E-state index is 6.25. The van der Waals surface area contributed by atoms with E-state index in [1.807, 2.05) is 32.0 Å². The van der Waals surface area contributed by atoms with Crippen molar-refractivity contribution in [2.45, 2.75) is 20.3 Å². The van der Waals surface area contributed by atoms with Gasteiger partial charge < -0.3 is 0 Å². The highest BCUT2D eigenvalue weighted by molar-refractivity contribution is 7.19. The van der Waals surface area contributed by atoms with Crippen LogP contribution in [0.25, 0.3) is 15.5 Å². The lowest BCUT2D eigenvalue weighted by Crippen LogP contribution is -1.93. The van der Waals surface area contributed by atoms with Crippen molar-refractivity contribution in [3.63, 3.8) is 0 Å². The van der Waals surface area contributed by atoms with Gasteiger partial charge in [0.05, 0.1) is 5.02 Å². The van der Waals surface area contributed by atoms with E-state index in [1.54, 1.807) is 4.52 Å². The summed E-state index contributed by atoms with van der Waals surface area (Å²) in [7, 11) is 0. The molecule has 3 aromatic rings. The molecular weight excluding hydrogens is 268 g/mol. The van der Waals surface area contributed by atoms with Crippen molar-refractivity contribution in [2.24, 2.45) is 0 Å². The number of rotatable bonds is 2. The molecule has 6 heteroatoms. The van der Waals surface area contributed by atoms with Crippen molar-refractivity contribution in [2.75, 3.05) is 0 Å². The predicted molar refractivity (Wildman–Crippen MR) is 73.2 cm³/mol. The van der Waals surface area contributed by atoms with E-state index in [2.05, 4.69) is 15.3 Å². The van der Waals surface area contributed by atoms with Crippen LogP contribution in [0.1, 0.15) is 18.3 Å². The second kappa shape index (κ2) is 4.33. The lowest BCUT2D eigenvalue weighted by atomic mass is 10.2. The van der Waals surface area contributed by atoms with Gasteiger partial charge in [0.2, 0.25) is 4.96 Å². The maximum Gasteiger partial charge on any atom is 0.234 e. The zero-order chi connectivity index (χ0) is 12.7. The molecule has 0 aliphatic carbocycles. The molecule has 0 atom stereocenters. The largest absolute Gasteiger partial charge is 0.234 e. The fourth-order valence-corrected chi connectivity index (χ4v) is 3.06. The first kappa shape index (κ1) is 11.6. The number of fused-ring (bicyclic) bond motifs is 1. The molecule has 3 rings (SSSR count). The van der Waals surface area contributed by atoms with Gasteiger partial charge in [0.1, 0.15) is 5.01 Å². The first-order chi connectivity index (χ1) is 8.69. The van der Waals surface area contributed by atoms with E-state index in [0.29, 0.717) is 0 Å². The van der Waals surface area contributed by atoms with Gasteiger partial charge in [-0.05, 0) is 18.6 Å². The number of nitrogens with zero attached hydrogens (tertiary/aromatic N) is 4. The fourth-order valence-electron chi connectivity index (χ4n) is 1.78. The van der Waals surface area contributed by atoms with E-state index in [9.17, 15) is 0 Å². The second-order valence-electron chi connectivity index (χ2n) is 4.05. The predicted octanol–water partition coefficient (Wildman–Crippen LogP) is 3.38. The normalized spacial score (nSPS) is 11.3. The summed E-state index contributed by atoms with van der Waals surface area (Å²) in [5.74, 6) is 0.871. The molecule has 2 heterocycles.